The van der Waals surface area contributed by atoms with E-state index < -0.39 is 49.5 Å². The predicted molar refractivity (Wildman–Crippen MR) is 221 cm³/mol. The Morgan fingerprint density at radius 2 is 1.17 bits per heavy atom. The maximum absolute atomic E-state index is 12.8. The fourth-order valence-electron chi connectivity index (χ4n) is 5.88. The van der Waals surface area contributed by atoms with Crippen molar-refractivity contribution in [3.8, 4) is 0 Å². The number of hydrogen-bond donors (Lipinski definition) is 6. The van der Waals surface area contributed by atoms with Gasteiger partial charge in [0.15, 0.2) is 6.29 Å². The van der Waals surface area contributed by atoms with E-state index in [2.05, 4.69) is 73.8 Å². The molecule has 7 atom stereocenters. The Morgan fingerprint density at radius 1 is 0.648 bits per heavy atom. The molecule has 1 rings (SSSR count). The second kappa shape index (κ2) is 34.8. The van der Waals surface area contributed by atoms with Crippen molar-refractivity contribution in [3.63, 3.8) is 0 Å². The van der Waals surface area contributed by atoms with Crippen molar-refractivity contribution in [2.24, 2.45) is 0 Å². The van der Waals surface area contributed by atoms with Crippen molar-refractivity contribution in [1.82, 2.24) is 5.32 Å². The lowest BCUT2D eigenvalue weighted by molar-refractivity contribution is -0.302. The Hall–Kier alpha value is -2.63. The molecule has 54 heavy (non-hydrogen) atoms. The van der Waals surface area contributed by atoms with E-state index in [1.54, 1.807) is 12.2 Å². The summed E-state index contributed by atoms with van der Waals surface area (Å²) in [5.74, 6) is -0.318. The summed E-state index contributed by atoms with van der Waals surface area (Å²) in [7, 11) is 0. The zero-order valence-corrected chi connectivity index (χ0v) is 33.4. The predicted octanol–water partition coefficient (Wildman–Crippen LogP) is 7.99. The molecule has 0 aromatic carbocycles. The third-order valence-electron chi connectivity index (χ3n) is 9.23. The molecule has 1 saturated heterocycles. The van der Waals surface area contributed by atoms with E-state index in [4.69, 9.17) is 9.47 Å². The molecule has 1 aliphatic heterocycles. The van der Waals surface area contributed by atoms with Gasteiger partial charge in [-0.2, -0.15) is 0 Å². The molecule has 7 unspecified atom stereocenters. The molecule has 0 bridgehead atoms. The van der Waals surface area contributed by atoms with E-state index in [1.807, 2.05) is 18.2 Å². The molecule has 9 heteroatoms. The minimum Gasteiger partial charge on any atom is -0.394 e. The largest absolute Gasteiger partial charge is 0.394 e. The summed E-state index contributed by atoms with van der Waals surface area (Å²) < 4.78 is 11.1. The van der Waals surface area contributed by atoms with Crippen molar-refractivity contribution < 1.29 is 39.8 Å². The van der Waals surface area contributed by atoms with Crippen LogP contribution in [0.3, 0.4) is 0 Å². The monoisotopic (exact) mass is 758 g/mol. The summed E-state index contributed by atoms with van der Waals surface area (Å²) in [5, 5.41) is 53.9. The fraction of sp³-hybridized carbons (Fsp3) is 0.667. The van der Waals surface area contributed by atoms with Crippen LogP contribution in [0.25, 0.3) is 0 Å². The van der Waals surface area contributed by atoms with E-state index in [0.29, 0.717) is 6.42 Å². The van der Waals surface area contributed by atoms with Gasteiger partial charge >= 0.3 is 0 Å². The number of aliphatic hydroxyl groups excluding tert-OH is 5. The van der Waals surface area contributed by atoms with Crippen LogP contribution < -0.4 is 5.32 Å². The number of ether oxygens (including phenoxy) is 2. The molecule has 1 heterocycles. The summed E-state index contributed by atoms with van der Waals surface area (Å²) in [4.78, 5) is 12.8. The fourth-order valence-corrected chi connectivity index (χ4v) is 5.88. The Labute approximate surface area is 327 Å². The molecule has 0 aromatic heterocycles. The smallest absolute Gasteiger partial charge is 0.224 e. The van der Waals surface area contributed by atoms with Gasteiger partial charge in [-0.15, -0.1) is 0 Å². The van der Waals surface area contributed by atoms with Gasteiger partial charge in [-0.25, -0.2) is 0 Å². The number of carbonyl (C=O) groups is 1. The van der Waals surface area contributed by atoms with Gasteiger partial charge in [0.05, 0.1) is 25.4 Å². The lowest BCUT2D eigenvalue weighted by Crippen LogP contribution is -2.60. The standard InChI is InChI=1S/C45H75NO8/c1-3-5-7-9-11-13-15-17-19-21-22-24-26-28-30-32-34-39(48)38(37-53-45-44(52)43(51)42(50)40(36-47)54-45)46-41(49)35-33-31-29-27-25-23-20-18-16-14-12-10-8-6-4-2/h6,8,12,14,18,20,24-27,31-34,38-40,42-45,47-48,50-52H,3-5,7,9-11,13,15-17,19,21-23,28-30,35-37H2,1-2H3,(H,46,49)/b8-6-,14-12-,20-18-,26-24+,27-25-,33-31-,34-32+. The molecule has 0 saturated carbocycles. The summed E-state index contributed by atoms with van der Waals surface area (Å²) in [6, 6.07) is -0.879. The average molecular weight is 758 g/mol. The zero-order valence-electron chi connectivity index (χ0n) is 33.4. The highest BCUT2D eigenvalue weighted by molar-refractivity contribution is 5.77. The van der Waals surface area contributed by atoms with Gasteiger partial charge in [0, 0.05) is 6.42 Å². The van der Waals surface area contributed by atoms with Crippen LogP contribution in [0.15, 0.2) is 85.1 Å². The second-order valence-corrected chi connectivity index (χ2v) is 14.1. The van der Waals surface area contributed by atoms with Crippen LogP contribution in [-0.2, 0) is 14.3 Å². The SMILES string of the molecule is CC/C=C\C/C=C\C/C=C\C/C=C\C/C=C\CC(=O)NC(COC1OC(CO)C(O)C(O)C1O)C(O)/C=C/CC/C=C/CCCCCCCCCCCC. The van der Waals surface area contributed by atoms with Gasteiger partial charge in [-0.1, -0.05) is 157 Å². The molecule has 0 aliphatic carbocycles. The van der Waals surface area contributed by atoms with E-state index in [-0.39, 0.29) is 18.9 Å². The molecule has 1 fully saturated rings. The van der Waals surface area contributed by atoms with Crippen LogP contribution in [0.1, 0.15) is 136 Å². The molecule has 1 aliphatic rings. The number of rotatable bonds is 32. The Kier molecular flexibility index (Phi) is 31.9. The minimum absolute atomic E-state index is 0.102. The number of unbranched alkanes of at least 4 members (excludes halogenated alkanes) is 11. The van der Waals surface area contributed by atoms with E-state index in [9.17, 15) is 30.3 Å². The summed E-state index contributed by atoms with van der Waals surface area (Å²) in [5.41, 5.74) is 0. The van der Waals surface area contributed by atoms with Crippen LogP contribution in [0.4, 0.5) is 0 Å². The van der Waals surface area contributed by atoms with E-state index >= 15 is 0 Å². The number of hydrogen-bond acceptors (Lipinski definition) is 8. The number of carbonyl (C=O) groups excluding carboxylic acids is 1. The lowest BCUT2D eigenvalue weighted by atomic mass is 9.99. The topological polar surface area (TPSA) is 149 Å². The van der Waals surface area contributed by atoms with Crippen molar-refractivity contribution in [1.29, 1.82) is 0 Å². The summed E-state index contributed by atoms with van der Waals surface area (Å²) in [6.45, 7) is 3.55. The van der Waals surface area contributed by atoms with Gasteiger partial charge in [0.1, 0.15) is 24.4 Å². The summed E-state index contributed by atoms with van der Waals surface area (Å²) >= 11 is 0. The van der Waals surface area contributed by atoms with Gasteiger partial charge in [0.2, 0.25) is 5.91 Å². The Bertz CT molecular complexity index is 1110. The van der Waals surface area contributed by atoms with Crippen LogP contribution >= 0.6 is 0 Å². The number of aliphatic hydroxyl groups is 5. The van der Waals surface area contributed by atoms with E-state index in [0.717, 1.165) is 44.9 Å². The first-order valence-electron chi connectivity index (χ1n) is 20.8. The third-order valence-corrected chi connectivity index (χ3v) is 9.23. The highest BCUT2D eigenvalue weighted by atomic mass is 16.7. The highest BCUT2D eigenvalue weighted by Gasteiger charge is 2.44. The zero-order chi connectivity index (χ0) is 39.5. The first-order valence-corrected chi connectivity index (χ1v) is 20.8. The molecule has 0 spiro atoms. The van der Waals surface area contributed by atoms with E-state index in [1.165, 1.54) is 64.2 Å². The maximum Gasteiger partial charge on any atom is 0.224 e. The molecule has 9 nitrogen and oxygen atoms in total. The van der Waals surface area contributed by atoms with Crippen LogP contribution in [0.5, 0.6) is 0 Å². The quantitative estimate of drug-likeness (QED) is 0.0299. The Morgan fingerprint density at radius 3 is 1.74 bits per heavy atom. The Balaban J connectivity index is 2.52. The van der Waals surface area contributed by atoms with Crippen molar-refractivity contribution in [2.45, 2.75) is 179 Å². The van der Waals surface area contributed by atoms with Crippen LogP contribution in [0, 0.1) is 0 Å². The minimum atomic E-state index is -1.59. The van der Waals surface area contributed by atoms with Gasteiger partial charge in [-0.05, 0) is 57.8 Å². The number of allylic oxidation sites excluding steroid dienone is 12. The molecule has 6 N–H and O–H groups in total. The average Bonchev–Trinajstić information content (AvgIpc) is 3.17. The number of nitrogens with one attached hydrogen (secondary N) is 1. The highest BCUT2D eigenvalue weighted by Crippen LogP contribution is 2.22. The van der Waals surface area contributed by atoms with Crippen LogP contribution in [-0.4, -0.2) is 87.5 Å². The van der Waals surface area contributed by atoms with Crippen LogP contribution in [0.2, 0.25) is 0 Å². The van der Waals surface area contributed by atoms with Crippen molar-refractivity contribution in [2.75, 3.05) is 13.2 Å². The van der Waals surface area contributed by atoms with Gasteiger partial charge in [0.25, 0.3) is 0 Å². The molecular weight excluding hydrogens is 682 g/mol. The molecule has 308 valence electrons. The first kappa shape index (κ1) is 49.4. The van der Waals surface area contributed by atoms with Crippen molar-refractivity contribution >= 4 is 5.91 Å². The molecule has 0 aromatic rings. The number of amides is 1. The molecule has 0 radical (unpaired) electrons. The second-order valence-electron chi connectivity index (χ2n) is 14.1. The van der Waals surface area contributed by atoms with Gasteiger partial charge in [-0.3, -0.25) is 4.79 Å². The third kappa shape index (κ3) is 25.4. The van der Waals surface area contributed by atoms with Gasteiger partial charge < -0.3 is 40.3 Å². The lowest BCUT2D eigenvalue weighted by Gasteiger charge is -2.40. The maximum atomic E-state index is 12.8. The van der Waals surface area contributed by atoms with Crippen molar-refractivity contribution in [3.05, 3.63) is 85.1 Å². The molecule has 1 amide bonds. The molecular formula is C45H75NO8. The normalized spacial score (nSPS) is 22.4. The first-order chi connectivity index (χ1) is 26.3. The summed E-state index contributed by atoms with van der Waals surface area (Å²) in [6.07, 6.45) is 40.8.